The molecule has 0 bridgehead atoms. The largest absolute Gasteiger partial charge is 0.384 e. The first-order chi connectivity index (χ1) is 10.3. The zero-order chi connectivity index (χ0) is 14.7. The third-order valence-corrected chi connectivity index (χ3v) is 4.34. The number of nitrogens with two attached hydrogens (primary N) is 1. The van der Waals surface area contributed by atoms with Crippen LogP contribution in [0.5, 0.6) is 0 Å². The molecule has 0 radical (unpaired) electrons. The zero-order valence-corrected chi connectivity index (χ0v) is 12.5. The lowest BCUT2D eigenvalue weighted by Crippen LogP contribution is -2.14. The number of nitrogens with zero attached hydrogens (tertiary/aromatic N) is 3. The minimum atomic E-state index is 0.427. The Morgan fingerprint density at radius 2 is 2.00 bits per heavy atom. The number of hydrogen-bond donors (Lipinski definition) is 1. The van der Waals surface area contributed by atoms with Crippen LogP contribution < -0.4 is 5.73 Å². The molecule has 0 aromatic carbocycles. The van der Waals surface area contributed by atoms with Crippen molar-refractivity contribution in [2.45, 2.75) is 51.4 Å². The number of pyridine rings is 1. The average Bonchev–Trinajstić information content (AvgIpc) is 2.98. The van der Waals surface area contributed by atoms with E-state index in [0.29, 0.717) is 23.3 Å². The van der Waals surface area contributed by atoms with E-state index < -0.39 is 0 Å². The fourth-order valence-electron chi connectivity index (χ4n) is 3.19. The van der Waals surface area contributed by atoms with Crippen molar-refractivity contribution in [3.05, 3.63) is 24.0 Å². The molecule has 1 saturated carbocycles. The molecule has 0 amide bonds. The molecule has 0 unspecified atom stereocenters. The topological polar surface area (TPSA) is 77.8 Å². The first-order valence-corrected chi connectivity index (χ1v) is 7.82. The molecule has 2 aromatic rings. The van der Waals surface area contributed by atoms with Crippen molar-refractivity contribution >= 4 is 5.82 Å². The number of hydrogen-bond acceptors (Lipinski definition) is 5. The lowest BCUT2D eigenvalue weighted by Gasteiger charge is -2.26. The molecule has 2 aromatic heterocycles. The third-order valence-electron chi connectivity index (χ3n) is 4.34. The summed E-state index contributed by atoms with van der Waals surface area (Å²) in [6, 6.07) is 5.43. The Labute approximate surface area is 125 Å². The second-order valence-corrected chi connectivity index (χ2v) is 5.91. The Morgan fingerprint density at radius 1 is 1.19 bits per heavy atom. The normalized spacial score (nSPS) is 22.3. The highest BCUT2D eigenvalue weighted by Crippen LogP contribution is 2.36. The molecule has 2 heterocycles. The molecule has 1 aliphatic rings. The average molecular weight is 286 g/mol. The predicted molar refractivity (Wildman–Crippen MR) is 81.5 cm³/mol. The third kappa shape index (κ3) is 3.23. The van der Waals surface area contributed by atoms with Crippen molar-refractivity contribution in [2.24, 2.45) is 5.92 Å². The van der Waals surface area contributed by atoms with Gasteiger partial charge in [-0.25, -0.2) is 4.98 Å². The SMILES string of the molecule is CCCC1CCC(c2noc(-c3cccc(N)n3)n2)CC1. The van der Waals surface area contributed by atoms with Gasteiger partial charge in [0.2, 0.25) is 0 Å². The maximum atomic E-state index is 5.69. The molecule has 0 spiro atoms. The van der Waals surface area contributed by atoms with E-state index in [1.54, 1.807) is 6.07 Å². The van der Waals surface area contributed by atoms with E-state index in [-0.39, 0.29) is 0 Å². The molecule has 0 saturated heterocycles. The van der Waals surface area contributed by atoms with Gasteiger partial charge in [-0.3, -0.25) is 0 Å². The summed E-state index contributed by atoms with van der Waals surface area (Å²) in [6.45, 7) is 2.26. The molecule has 5 nitrogen and oxygen atoms in total. The Hall–Kier alpha value is -1.91. The molecule has 5 heteroatoms. The molecule has 2 N–H and O–H groups in total. The van der Waals surface area contributed by atoms with E-state index in [4.69, 9.17) is 10.3 Å². The summed E-state index contributed by atoms with van der Waals surface area (Å²) in [5.41, 5.74) is 6.34. The van der Waals surface area contributed by atoms with Gasteiger partial charge in [-0.15, -0.1) is 0 Å². The van der Waals surface area contributed by atoms with Gasteiger partial charge in [0, 0.05) is 5.92 Å². The first-order valence-electron chi connectivity index (χ1n) is 7.82. The number of rotatable bonds is 4. The van der Waals surface area contributed by atoms with Gasteiger partial charge in [0.25, 0.3) is 5.89 Å². The van der Waals surface area contributed by atoms with E-state index in [2.05, 4.69) is 22.0 Å². The van der Waals surface area contributed by atoms with Gasteiger partial charge in [-0.1, -0.05) is 31.0 Å². The van der Waals surface area contributed by atoms with Gasteiger partial charge in [-0.2, -0.15) is 4.98 Å². The summed E-state index contributed by atoms with van der Waals surface area (Å²) in [4.78, 5) is 8.74. The number of nitrogen functional groups attached to an aromatic ring is 1. The maximum Gasteiger partial charge on any atom is 0.276 e. The Morgan fingerprint density at radius 3 is 2.71 bits per heavy atom. The summed E-state index contributed by atoms with van der Waals surface area (Å²) in [7, 11) is 0. The van der Waals surface area contributed by atoms with Gasteiger partial charge in [0.15, 0.2) is 5.82 Å². The molecule has 1 aliphatic carbocycles. The molecule has 1 fully saturated rings. The van der Waals surface area contributed by atoms with E-state index in [1.165, 1.54) is 25.7 Å². The van der Waals surface area contributed by atoms with Crippen LogP contribution >= 0.6 is 0 Å². The number of anilines is 1. The van der Waals surface area contributed by atoms with Gasteiger partial charge < -0.3 is 10.3 Å². The maximum absolute atomic E-state index is 5.69. The van der Waals surface area contributed by atoms with Gasteiger partial charge >= 0.3 is 0 Å². The second kappa shape index (κ2) is 6.24. The van der Waals surface area contributed by atoms with Crippen LogP contribution in [0.2, 0.25) is 0 Å². The molecule has 112 valence electrons. The summed E-state index contributed by atoms with van der Waals surface area (Å²) in [5, 5.41) is 4.15. The number of aromatic nitrogens is 3. The lowest BCUT2D eigenvalue weighted by molar-refractivity contribution is 0.296. The molecular formula is C16H22N4O. The molecule has 3 rings (SSSR count). The summed E-state index contributed by atoms with van der Waals surface area (Å²) in [6.07, 6.45) is 7.50. The quantitative estimate of drug-likeness (QED) is 0.925. The van der Waals surface area contributed by atoms with E-state index in [1.807, 2.05) is 12.1 Å². The van der Waals surface area contributed by atoms with Crippen LogP contribution in [-0.4, -0.2) is 15.1 Å². The summed E-state index contributed by atoms with van der Waals surface area (Å²) in [5.74, 6) is 3.06. The van der Waals surface area contributed by atoms with Crippen molar-refractivity contribution < 1.29 is 4.52 Å². The standard InChI is InChI=1S/C16H22N4O/c1-2-4-11-7-9-12(10-8-11)15-19-16(21-20-15)13-5-3-6-14(17)18-13/h3,5-6,11-12H,2,4,7-10H2,1H3,(H2,17,18). The Bertz CT molecular complexity index is 587. The second-order valence-electron chi connectivity index (χ2n) is 5.91. The predicted octanol–water partition coefficient (Wildman–Crippen LogP) is 3.79. The van der Waals surface area contributed by atoms with Crippen molar-refractivity contribution in [1.82, 2.24) is 15.1 Å². The van der Waals surface area contributed by atoms with Crippen LogP contribution in [0.1, 0.15) is 57.2 Å². The minimum absolute atomic E-state index is 0.427. The van der Waals surface area contributed by atoms with Crippen molar-refractivity contribution in [3.63, 3.8) is 0 Å². The van der Waals surface area contributed by atoms with Crippen molar-refractivity contribution in [2.75, 3.05) is 5.73 Å². The highest BCUT2D eigenvalue weighted by Gasteiger charge is 2.25. The summed E-state index contributed by atoms with van der Waals surface area (Å²) >= 11 is 0. The van der Waals surface area contributed by atoms with Crippen LogP contribution in [0.4, 0.5) is 5.82 Å². The van der Waals surface area contributed by atoms with Crippen LogP contribution in [0, 0.1) is 5.92 Å². The monoisotopic (exact) mass is 286 g/mol. The molecular weight excluding hydrogens is 264 g/mol. The fraction of sp³-hybridized carbons (Fsp3) is 0.562. The lowest BCUT2D eigenvalue weighted by atomic mass is 9.80. The van der Waals surface area contributed by atoms with Crippen molar-refractivity contribution in [3.8, 4) is 11.6 Å². The van der Waals surface area contributed by atoms with Gasteiger partial charge in [0.1, 0.15) is 11.5 Å². The zero-order valence-electron chi connectivity index (χ0n) is 12.5. The van der Waals surface area contributed by atoms with E-state index >= 15 is 0 Å². The van der Waals surface area contributed by atoms with Crippen LogP contribution in [0.15, 0.2) is 22.7 Å². The molecule has 0 atom stereocenters. The van der Waals surface area contributed by atoms with Gasteiger partial charge in [-0.05, 0) is 43.7 Å². The minimum Gasteiger partial charge on any atom is -0.384 e. The Balaban J connectivity index is 1.68. The summed E-state index contributed by atoms with van der Waals surface area (Å²) < 4.78 is 5.35. The van der Waals surface area contributed by atoms with Crippen LogP contribution in [0.3, 0.4) is 0 Å². The Kier molecular flexibility index (Phi) is 4.18. The molecule has 0 aliphatic heterocycles. The van der Waals surface area contributed by atoms with Crippen molar-refractivity contribution in [1.29, 1.82) is 0 Å². The van der Waals surface area contributed by atoms with E-state index in [9.17, 15) is 0 Å². The highest BCUT2D eigenvalue weighted by atomic mass is 16.5. The van der Waals surface area contributed by atoms with E-state index in [0.717, 1.165) is 24.6 Å². The fourth-order valence-corrected chi connectivity index (χ4v) is 3.19. The smallest absolute Gasteiger partial charge is 0.276 e. The first kappa shape index (κ1) is 14.0. The van der Waals surface area contributed by atoms with Gasteiger partial charge in [0.05, 0.1) is 0 Å². The molecule has 21 heavy (non-hydrogen) atoms. The highest BCUT2D eigenvalue weighted by molar-refractivity contribution is 5.50. The van der Waals surface area contributed by atoms with Crippen LogP contribution in [-0.2, 0) is 0 Å². The van der Waals surface area contributed by atoms with Crippen LogP contribution in [0.25, 0.3) is 11.6 Å².